The van der Waals surface area contributed by atoms with E-state index in [1.165, 1.54) is 17.4 Å². The monoisotopic (exact) mass is 174 g/mol. The lowest BCUT2D eigenvalue weighted by Crippen LogP contribution is -1.94. The second kappa shape index (κ2) is 2.94. The molecule has 0 radical (unpaired) electrons. The number of halogens is 1. The van der Waals surface area contributed by atoms with Gasteiger partial charge in [-0.05, 0) is 6.07 Å². The average molecular weight is 175 g/mol. The molecule has 0 fully saturated rings. The molecular formula is C6H3ClO2S. The van der Waals surface area contributed by atoms with E-state index in [0.717, 1.165) is 0 Å². The standard InChI is InChI=1S/C6H3ClO2S/c7-4-1-6(10-3-4)5(9)2-8/h1-3H. The molecule has 0 amide bonds. The number of ketones is 1. The molecule has 0 aromatic carbocycles. The molecule has 0 spiro atoms. The van der Waals surface area contributed by atoms with Crippen LogP contribution in [-0.4, -0.2) is 12.1 Å². The van der Waals surface area contributed by atoms with Gasteiger partial charge in [0.05, 0.1) is 9.90 Å². The highest BCUT2D eigenvalue weighted by molar-refractivity contribution is 7.13. The first kappa shape index (κ1) is 7.44. The van der Waals surface area contributed by atoms with Crippen LogP contribution in [0.25, 0.3) is 0 Å². The third-order valence-corrected chi connectivity index (χ3v) is 2.21. The SMILES string of the molecule is O=CC(=O)c1cc(Cl)cs1. The fourth-order valence-electron chi connectivity index (χ4n) is 0.500. The molecule has 0 bridgehead atoms. The summed E-state index contributed by atoms with van der Waals surface area (Å²) in [6.07, 6.45) is 0.280. The van der Waals surface area contributed by atoms with Gasteiger partial charge >= 0.3 is 0 Å². The van der Waals surface area contributed by atoms with Crippen LogP contribution in [0.5, 0.6) is 0 Å². The third kappa shape index (κ3) is 1.43. The number of carbonyl (C=O) groups is 2. The van der Waals surface area contributed by atoms with Crippen LogP contribution in [0.15, 0.2) is 11.4 Å². The number of thiophene rings is 1. The van der Waals surface area contributed by atoms with E-state index in [4.69, 9.17) is 11.6 Å². The highest BCUT2D eigenvalue weighted by Gasteiger charge is 2.05. The molecular weight excluding hydrogens is 172 g/mol. The fourth-order valence-corrected chi connectivity index (χ4v) is 1.47. The van der Waals surface area contributed by atoms with E-state index in [1.807, 2.05) is 0 Å². The van der Waals surface area contributed by atoms with E-state index in [1.54, 1.807) is 5.38 Å². The summed E-state index contributed by atoms with van der Waals surface area (Å²) < 4.78 is 0. The molecule has 4 heteroatoms. The molecule has 0 N–H and O–H groups in total. The lowest BCUT2D eigenvalue weighted by Gasteiger charge is -1.79. The minimum atomic E-state index is -0.517. The molecule has 0 aliphatic carbocycles. The van der Waals surface area contributed by atoms with Gasteiger partial charge in [0.25, 0.3) is 0 Å². The molecule has 1 aromatic heterocycles. The van der Waals surface area contributed by atoms with E-state index >= 15 is 0 Å². The van der Waals surface area contributed by atoms with E-state index in [9.17, 15) is 9.59 Å². The second-order valence-corrected chi connectivity index (χ2v) is 2.96. The zero-order valence-corrected chi connectivity index (χ0v) is 6.41. The Morgan fingerprint density at radius 3 is 2.80 bits per heavy atom. The van der Waals surface area contributed by atoms with Crippen LogP contribution >= 0.6 is 22.9 Å². The number of rotatable bonds is 2. The Morgan fingerprint density at radius 1 is 1.70 bits per heavy atom. The van der Waals surface area contributed by atoms with Gasteiger partial charge in [-0.2, -0.15) is 0 Å². The molecule has 0 unspecified atom stereocenters. The predicted octanol–water partition coefficient (Wildman–Crippen LogP) is 1.78. The van der Waals surface area contributed by atoms with Crippen molar-refractivity contribution >= 4 is 35.0 Å². The first-order valence-corrected chi connectivity index (χ1v) is 3.73. The van der Waals surface area contributed by atoms with Crippen molar-refractivity contribution < 1.29 is 9.59 Å². The van der Waals surface area contributed by atoms with Crippen molar-refractivity contribution in [1.82, 2.24) is 0 Å². The topological polar surface area (TPSA) is 34.1 Å². The van der Waals surface area contributed by atoms with Crippen LogP contribution in [0.4, 0.5) is 0 Å². The normalized spacial score (nSPS) is 9.30. The molecule has 1 rings (SSSR count). The third-order valence-electron chi connectivity index (χ3n) is 0.917. The summed E-state index contributed by atoms with van der Waals surface area (Å²) in [6, 6.07) is 1.48. The van der Waals surface area contributed by atoms with E-state index in [-0.39, 0.29) is 6.29 Å². The fraction of sp³-hybridized carbons (Fsp3) is 0. The van der Waals surface area contributed by atoms with Crippen LogP contribution in [0.2, 0.25) is 5.02 Å². The molecule has 0 saturated carbocycles. The van der Waals surface area contributed by atoms with Gasteiger partial charge in [0.2, 0.25) is 5.78 Å². The van der Waals surface area contributed by atoms with Gasteiger partial charge in [-0.1, -0.05) is 11.6 Å². The maximum atomic E-state index is 10.6. The van der Waals surface area contributed by atoms with Crippen molar-refractivity contribution in [2.75, 3.05) is 0 Å². The predicted molar refractivity (Wildman–Crippen MR) is 39.7 cm³/mol. The van der Waals surface area contributed by atoms with Crippen molar-refractivity contribution in [3.63, 3.8) is 0 Å². The molecule has 2 nitrogen and oxygen atoms in total. The summed E-state index contributed by atoms with van der Waals surface area (Å²) >= 11 is 6.67. The van der Waals surface area contributed by atoms with Crippen molar-refractivity contribution in [3.05, 3.63) is 21.3 Å². The molecule has 0 aliphatic heterocycles. The van der Waals surface area contributed by atoms with Crippen LogP contribution in [0, 0.1) is 0 Å². The average Bonchev–Trinajstić information content (AvgIpc) is 2.34. The highest BCUT2D eigenvalue weighted by Crippen LogP contribution is 2.18. The molecule has 52 valence electrons. The molecule has 0 atom stereocenters. The number of aldehydes is 1. The number of Topliss-reactive ketones (excluding diaryl/α,β-unsaturated/α-hetero) is 1. The Balaban J connectivity index is 2.95. The highest BCUT2D eigenvalue weighted by atomic mass is 35.5. The summed E-state index contributed by atoms with van der Waals surface area (Å²) in [5.41, 5.74) is 0. The minimum absolute atomic E-state index is 0.280. The summed E-state index contributed by atoms with van der Waals surface area (Å²) in [5, 5.41) is 2.10. The van der Waals surface area contributed by atoms with E-state index in [2.05, 4.69) is 0 Å². The smallest absolute Gasteiger partial charge is 0.235 e. The maximum absolute atomic E-state index is 10.6. The summed E-state index contributed by atoms with van der Waals surface area (Å²) in [5.74, 6) is -0.517. The van der Waals surface area contributed by atoms with Crippen LogP contribution in [0.3, 0.4) is 0 Å². The molecule has 0 aliphatic rings. The number of hydrogen-bond acceptors (Lipinski definition) is 3. The van der Waals surface area contributed by atoms with Crippen molar-refractivity contribution in [3.8, 4) is 0 Å². The summed E-state index contributed by atoms with van der Waals surface area (Å²) in [6.45, 7) is 0. The Hall–Kier alpha value is -0.670. The minimum Gasteiger partial charge on any atom is -0.294 e. The van der Waals surface area contributed by atoms with E-state index < -0.39 is 5.78 Å². The quantitative estimate of drug-likeness (QED) is 0.389. The van der Waals surface area contributed by atoms with Gasteiger partial charge in [-0.25, -0.2) is 0 Å². The van der Waals surface area contributed by atoms with Crippen molar-refractivity contribution in [1.29, 1.82) is 0 Å². The number of hydrogen-bond donors (Lipinski definition) is 0. The molecule has 10 heavy (non-hydrogen) atoms. The van der Waals surface area contributed by atoms with Gasteiger partial charge in [0.1, 0.15) is 0 Å². The summed E-state index contributed by atoms with van der Waals surface area (Å²) in [7, 11) is 0. The number of carbonyl (C=O) groups excluding carboxylic acids is 2. The van der Waals surface area contributed by atoms with Gasteiger partial charge in [-0.3, -0.25) is 9.59 Å². The van der Waals surface area contributed by atoms with Crippen LogP contribution < -0.4 is 0 Å². The lowest BCUT2D eigenvalue weighted by molar-refractivity contribution is -0.104. The Morgan fingerprint density at radius 2 is 2.40 bits per heavy atom. The zero-order valence-electron chi connectivity index (χ0n) is 4.83. The first-order valence-electron chi connectivity index (χ1n) is 2.47. The van der Waals surface area contributed by atoms with Gasteiger partial charge < -0.3 is 0 Å². The molecule has 0 saturated heterocycles. The van der Waals surface area contributed by atoms with Gasteiger partial charge in [0.15, 0.2) is 6.29 Å². The molecule has 1 heterocycles. The van der Waals surface area contributed by atoms with Gasteiger partial charge in [0, 0.05) is 5.38 Å². The Bertz CT molecular complexity index is 266. The zero-order chi connectivity index (χ0) is 7.56. The van der Waals surface area contributed by atoms with E-state index in [0.29, 0.717) is 9.90 Å². The summed E-state index contributed by atoms with van der Waals surface area (Å²) in [4.78, 5) is 20.9. The maximum Gasteiger partial charge on any atom is 0.235 e. The van der Waals surface area contributed by atoms with Crippen molar-refractivity contribution in [2.45, 2.75) is 0 Å². The first-order chi connectivity index (χ1) is 4.74. The van der Waals surface area contributed by atoms with Gasteiger partial charge in [-0.15, -0.1) is 11.3 Å². The lowest BCUT2D eigenvalue weighted by atomic mass is 10.3. The Kier molecular flexibility index (Phi) is 2.19. The second-order valence-electron chi connectivity index (χ2n) is 1.61. The van der Waals surface area contributed by atoms with Crippen LogP contribution in [-0.2, 0) is 4.79 Å². The van der Waals surface area contributed by atoms with Crippen LogP contribution in [0.1, 0.15) is 9.67 Å². The largest absolute Gasteiger partial charge is 0.294 e. The van der Waals surface area contributed by atoms with Crippen molar-refractivity contribution in [2.24, 2.45) is 0 Å². The molecule has 1 aromatic rings. The Labute approximate surface area is 66.4 Å².